The second-order valence-electron chi connectivity index (χ2n) is 5.16. The molecule has 0 saturated heterocycles. The highest BCUT2D eigenvalue weighted by molar-refractivity contribution is 5.89. The number of methoxy groups -OCH3 is 2. The van der Waals surface area contributed by atoms with E-state index >= 15 is 0 Å². The Balaban J connectivity index is 2.04. The van der Waals surface area contributed by atoms with Gasteiger partial charge in [-0.1, -0.05) is 0 Å². The van der Waals surface area contributed by atoms with Crippen LogP contribution in [0, 0.1) is 11.8 Å². The Morgan fingerprint density at radius 2 is 2.00 bits per heavy atom. The average Bonchev–Trinajstić information content (AvgIpc) is 3.27. The fourth-order valence-corrected chi connectivity index (χ4v) is 2.34. The van der Waals surface area contributed by atoms with Crippen molar-refractivity contribution >= 4 is 11.9 Å². The van der Waals surface area contributed by atoms with Gasteiger partial charge in [0, 0.05) is 25.2 Å². The molecule has 0 aliphatic heterocycles. The topological polar surface area (TPSA) is 76.1 Å². The van der Waals surface area contributed by atoms with Crippen molar-refractivity contribution in [3.63, 3.8) is 0 Å². The van der Waals surface area contributed by atoms with Crippen molar-refractivity contribution in [3.8, 4) is 11.5 Å². The number of hydrogen-bond donors (Lipinski definition) is 1. The van der Waals surface area contributed by atoms with Gasteiger partial charge in [-0.15, -0.1) is 0 Å². The molecular formula is C15H19NO5. The molecular weight excluding hydrogens is 274 g/mol. The third kappa shape index (κ3) is 3.26. The Kier molecular flexibility index (Phi) is 4.35. The Morgan fingerprint density at radius 1 is 1.29 bits per heavy atom. The molecule has 0 bridgehead atoms. The Morgan fingerprint density at radius 3 is 2.52 bits per heavy atom. The largest absolute Gasteiger partial charge is 0.497 e. The predicted molar refractivity (Wildman–Crippen MR) is 75.3 cm³/mol. The molecule has 1 aliphatic carbocycles. The van der Waals surface area contributed by atoms with E-state index in [9.17, 15) is 9.59 Å². The summed E-state index contributed by atoms with van der Waals surface area (Å²) in [4.78, 5) is 24.5. The van der Waals surface area contributed by atoms with Crippen molar-refractivity contribution in [2.75, 3.05) is 21.3 Å². The lowest BCUT2D eigenvalue weighted by atomic mass is 10.1. The summed E-state index contributed by atoms with van der Waals surface area (Å²) >= 11 is 0. The second kappa shape index (κ2) is 6.03. The highest BCUT2D eigenvalue weighted by Crippen LogP contribution is 2.40. The minimum Gasteiger partial charge on any atom is -0.497 e. The molecule has 0 spiro atoms. The number of carboxylic acids is 1. The number of ether oxygens (including phenoxy) is 2. The molecule has 1 aliphatic rings. The van der Waals surface area contributed by atoms with Gasteiger partial charge in [-0.05, 0) is 18.6 Å². The number of carboxylic acid groups (broad SMARTS) is 1. The number of rotatable bonds is 6. The molecule has 21 heavy (non-hydrogen) atoms. The Bertz CT molecular complexity index is 557. The maximum atomic E-state index is 12.1. The van der Waals surface area contributed by atoms with Crippen LogP contribution >= 0.6 is 0 Å². The van der Waals surface area contributed by atoms with Gasteiger partial charge < -0.3 is 19.5 Å². The van der Waals surface area contributed by atoms with Gasteiger partial charge >= 0.3 is 5.97 Å². The molecule has 0 unspecified atom stereocenters. The summed E-state index contributed by atoms with van der Waals surface area (Å²) < 4.78 is 10.4. The first-order chi connectivity index (χ1) is 9.97. The average molecular weight is 293 g/mol. The van der Waals surface area contributed by atoms with Gasteiger partial charge in [-0.25, -0.2) is 0 Å². The van der Waals surface area contributed by atoms with Gasteiger partial charge in [0.1, 0.15) is 11.5 Å². The molecule has 2 atom stereocenters. The van der Waals surface area contributed by atoms with E-state index in [1.807, 2.05) is 6.07 Å². The van der Waals surface area contributed by atoms with Crippen molar-refractivity contribution in [3.05, 3.63) is 23.8 Å². The lowest BCUT2D eigenvalue weighted by Gasteiger charge is -2.19. The summed E-state index contributed by atoms with van der Waals surface area (Å²) in [5.41, 5.74) is 0.849. The maximum Gasteiger partial charge on any atom is 0.307 e. The molecule has 1 N–H and O–H groups in total. The fraction of sp³-hybridized carbons (Fsp3) is 0.467. The van der Waals surface area contributed by atoms with Gasteiger partial charge in [-0.3, -0.25) is 9.59 Å². The summed E-state index contributed by atoms with van der Waals surface area (Å²) in [5.74, 6) is -0.643. The molecule has 0 aromatic heterocycles. The summed E-state index contributed by atoms with van der Waals surface area (Å²) in [6.45, 7) is 0.370. The first-order valence-corrected chi connectivity index (χ1v) is 6.66. The van der Waals surface area contributed by atoms with E-state index in [4.69, 9.17) is 14.6 Å². The molecule has 1 aromatic rings. The minimum absolute atomic E-state index is 0.139. The van der Waals surface area contributed by atoms with E-state index in [2.05, 4.69) is 0 Å². The van der Waals surface area contributed by atoms with Crippen LogP contribution in [0.25, 0.3) is 0 Å². The number of nitrogens with zero attached hydrogens (tertiary/aromatic N) is 1. The molecule has 2 rings (SSSR count). The number of hydrogen-bond acceptors (Lipinski definition) is 4. The van der Waals surface area contributed by atoms with Crippen molar-refractivity contribution in [1.29, 1.82) is 0 Å². The summed E-state index contributed by atoms with van der Waals surface area (Å²) in [5, 5.41) is 8.88. The maximum absolute atomic E-state index is 12.1. The molecule has 0 radical (unpaired) electrons. The number of benzene rings is 1. The molecule has 1 fully saturated rings. The van der Waals surface area contributed by atoms with Gasteiger partial charge in [-0.2, -0.15) is 0 Å². The monoisotopic (exact) mass is 293 g/mol. The third-order valence-electron chi connectivity index (χ3n) is 3.70. The normalized spacial score (nSPS) is 19.8. The Labute approximate surface area is 123 Å². The number of carbonyl (C=O) groups is 2. The van der Waals surface area contributed by atoms with Crippen LogP contribution in [-0.4, -0.2) is 43.2 Å². The standard InChI is InChI=1S/C15H19NO5/c1-16(14(17)11-7-12(11)15(18)19)8-9-4-5-10(20-2)6-13(9)21-3/h4-6,11-12H,7-8H2,1-3H3,(H,18,19)/t11-,12+/m1/s1. The first kappa shape index (κ1) is 15.2. The first-order valence-electron chi connectivity index (χ1n) is 6.66. The van der Waals surface area contributed by atoms with E-state index < -0.39 is 17.8 Å². The van der Waals surface area contributed by atoms with Gasteiger partial charge in [0.2, 0.25) is 5.91 Å². The molecule has 1 amide bonds. The van der Waals surface area contributed by atoms with E-state index in [1.165, 1.54) is 4.90 Å². The fourth-order valence-electron chi connectivity index (χ4n) is 2.34. The number of amides is 1. The zero-order valence-electron chi connectivity index (χ0n) is 12.3. The van der Waals surface area contributed by atoms with E-state index in [-0.39, 0.29) is 5.91 Å². The smallest absolute Gasteiger partial charge is 0.307 e. The molecule has 6 heteroatoms. The summed E-state index contributed by atoms with van der Waals surface area (Å²) in [7, 11) is 4.80. The molecule has 1 saturated carbocycles. The van der Waals surface area contributed by atoms with Crippen LogP contribution < -0.4 is 9.47 Å². The zero-order valence-corrected chi connectivity index (χ0v) is 12.3. The van der Waals surface area contributed by atoms with Crippen molar-refractivity contribution in [2.45, 2.75) is 13.0 Å². The van der Waals surface area contributed by atoms with Gasteiger partial charge in [0.05, 0.1) is 26.1 Å². The van der Waals surface area contributed by atoms with E-state index in [1.54, 1.807) is 33.4 Å². The van der Waals surface area contributed by atoms with Crippen LogP contribution in [0.4, 0.5) is 0 Å². The minimum atomic E-state index is -0.899. The van der Waals surface area contributed by atoms with Gasteiger partial charge in [0.15, 0.2) is 0 Å². The quantitative estimate of drug-likeness (QED) is 0.857. The van der Waals surface area contributed by atoms with Crippen LogP contribution in [0.3, 0.4) is 0 Å². The van der Waals surface area contributed by atoms with E-state index in [0.29, 0.717) is 24.5 Å². The number of carbonyl (C=O) groups excluding carboxylic acids is 1. The van der Waals surface area contributed by atoms with Crippen LogP contribution in [0.5, 0.6) is 11.5 Å². The SMILES string of the molecule is COc1ccc(CN(C)C(=O)[C@@H]2C[C@@H]2C(=O)O)c(OC)c1. The van der Waals surface area contributed by atoms with Crippen molar-refractivity contribution in [1.82, 2.24) is 4.90 Å². The summed E-state index contributed by atoms with van der Waals surface area (Å²) in [6.07, 6.45) is 0.429. The van der Waals surface area contributed by atoms with Crippen LogP contribution in [0.1, 0.15) is 12.0 Å². The number of aliphatic carboxylic acids is 1. The molecule has 1 aromatic carbocycles. The molecule has 0 heterocycles. The van der Waals surface area contributed by atoms with E-state index in [0.717, 1.165) is 5.56 Å². The van der Waals surface area contributed by atoms with Crippen molar-refractivity contribution in [2.24, 2.45) is 11.8 Å². The van der Waals surface area contributed by atoms with Gasteiger partial charge in [0.25, 0.3) is 0 Å². The Hall–Kier alpha value is -2.24. The molecule has 6 nitrogen and oxygen atoms in total. The lowest BCUT2D eigenvalue weighted by Crippen LogP contribution is -2.29. The second-order valence-corrected chi connectivity index (χ2v) is 5.16. The highest BCUT2D eigenvalue weighted by atomic mass is 16.5. The van der Waals surface area contributed by atoms with Crippen LogP contribution in [-0.2, 0) is 16.1 Å². The zero-order chi connectivity index (χ0) is 15.6. The summed E-state index contributed by atoms with van der Waals surface area (Å²) in [6, 6.07) is 5.39. The highest BCUT2D eigenvalue weighted by Gasteiger charge is 2.49. The third-order valence-corrected chi connectivity index (χ3v) is 3.70. The van der Waals surface area contributed by atoms with Crippen LogP contribution in [0.15, 0.2) is 18.2 Å². The molecule has 114 valence electrons. The van der Waals surface area contributed by atoms with Crippen molar-refractivity contribution < 1.29 is 24.2 Å². The van der Waals surface area contributed by atoms with Crippen LogP contribution in [0.2, 0.25) is 0 Å². The lowest BCUT2D eigenvalue weighted by molar-refractivity contribution is -0.141. The predicted octanol–water partition coefficient (Wildman–Crippen LogP) is 1.38.